The van der Waals surface area contributed by atoms with E-state index in [0.29, 0.717) is 23.4 Å². The fraction of sp³-hybridized carbons (Fsp3) is 0.182. The summed E-state index contributed by atoms with van der Waals surface area (Å²) in [7, 11) is -1.87. The standard InChI is InChI=1S/C22H24N6O4S/c1-25-12-15-2-4-17(5-3-15)21(23)32-22(24)20-14-26-13-19(28-20)16-6-8-18(9-7-16)33(30,31)27-10-11-29/h2-9,13-14,23-25,27,29H,10-12H2,1H3. The summed E-state index contributed by atoms with van der Waals surface area (Å²) in [4.78, 5) is 8.49. The molecule has 1 heterocycles. The quantitative estimate of drug-likeness (QED) is 0.235. The highest BCUT2D eigenvalue weighted by Crippen LogP contribution is 2.19. The lowest BCUT2D eigenvalue weighted by Crippen LogP contribution is -2.26. The van der Waals surface area contributed by atoms with E-state index in [1.165, 1.54) is 24.5 Å². The van der Waals surface area contributed by atoms with Crippen LogP contribution in [0, 0.1) is 10.8 Å². The number of sulfonamides is 1. The van der Waals surface area contributed by atoms with Crippen LogP contribution in [0.3, 0.4) is 0 Å². The number of hydrogen-bond acceptors (Lipinski definition) is 9. The molecule has 0 aliphatic heterocycles. The highest BCUT2D eigenvalue weighted by atomic mass is 32.2. The number of benzene rings is 2. The summed E-state index contributed by atoms with van der Waals surface area (Å²) in [6, 6.07) is 13.2. The van der Waals surface area contributed by atoms with Crippen molar-refractivity contribution in [3.05, 3.63) is 77.7 Å². The second kappa shape index (κ2) is 10.9. The summed E-state index contributed by atoms with van der Waals surface area (Å²) in [5.74, 6) is -0.519. The fourth-order valence-electron chi connectivity index (χ4n) is 2.87. The van der Waals surface area contributed by atoms with Crippen molar-refractivity contribution >= 4 is 21.8 Å². The Hall–Kier alpha value is -3.51. The molecule has 0 unspecified atom stereocenters. The normalized spacial score (nSPS) is 11.2. The second-order valence-electron chi connectivity index (χ2n) is 6.92. The summed E-state index contributed by atoms with van der Waals surface area (Å²) in [5, 5.41) is 28.2. The van der Waals surface area contributed by atoms with Crippen molar-refractivity contribution in [3.8, 4) is 11.3 Å². The van der Waals surface area contributed by atoms with Crippen LogP contribution in [0.25, 0.3) is 11.3 Å². The molecule has 0 radical (unpaired) electrons. The van der Waals surface area contributed by atoms with E-state index in [4.69, 9.17) is 20.7 Å². The molecule has 0 amide bonds. The third-order valence-corrected chi connectivity index (χ3v) is 6.01. The number of aromatic nitrogens is 2. The molecule has 3 rings (SSSR count). The van der Waals surface area contributed by atoms with Gasteiger partial charge in [0.05, 0.1) is 29.6 Å². The molecule has 11 heteroatoms. The molecule has 2 aromatic carbocycles. The summed E-state index contributed by atoms with van der Waals surface area (Å²) >= 11 is 0. The molecule has 0 saturated heterocycles. The Bertz CT molecular complexity index is 1230. The largest absolute Gasteiger partial charge is 0.419 e. The van der Waals surface area contributed by atoms with Crippen molar-refractivity contribution in [2.24, 2.45) is 0 Å². The van der Waals surface area contributed by atoms with E-state index >= 15 is 0 Å². The Morgan fingerprint density at radius 3 is 2.36 bits per heavy atom. The zero-order valence-electron chi connectivity index (χ0n) is 17.9. The first-order valence-electron chi connectivity index (χ1n) is 9.96. The van der Waals surface area contributed by atoms with Gasteiger partial charge in [0.25, 0.3) is 0 Å². The molecule has 0 atom stereocenters. The molecule has 0 bridgehead atoms. The van der Waals surface area contributed by atoms with Crippen LogP contribution in [-0.2, 0) is 21.3 Å². The SMILES string of the molecule is CNCc1ccc(C(=N)OC(=N)c2cncc(-c3ccc(S(=O)(=O)NCCO)cc3)n2)cc1. The minimum Gasteiger partial charge on any atom is -0.419 e. The molecule has 10 nitrogen and oxygen atoms in total. The van der Waals surface area contributed by atoms with Gasteiger partial charge in [-0.25, -0.2) is 18.1 Å². The Balaban J connectivity index is 1.72. The summed E-state index contributed by atoms with van der Waals surface area (Å²) < 4.78 is 31.9. The third-order valence-electron chi connectivity index (χ3n) is 4.53. The monoisotopic (exact) mass is 468 g/mol. The minimum atomic E-state index is -3.72. The van der Waals surface area contributed by atoms with Crippen LogP contribution in [0.15, 0.2) is 65.8 Å². The summed E-state index contributed by atoms with van der Waals surface area (Å²) in [6.07, 6.45) is 2.84. The first kappa shape index (κ1) is 24.1. The van der Waals surface area contributed by atoms with E-state index in [1.54, 1.807) is 24.3 Å². The van der Waals surface area contributed by atoms with Gasteiger partial charge in [0.1, 0.15) is 5.69 Å². The van der Waals surface area contributed by atoms with Crippen molar-refractivity contribution in [2.75, 3.05) is 20.2 Å². The number of aliphatic hydroxyl groups excluding tert-OH is 1. The molecular weight excluding hydrogens is 444 g/mol. The van der Waals surface area contributed by atoms with Gasteiger partial charge in [-0.15, -0.1) is 0 Å². The van der Waals surface area contributed by atoms with E-state index in [9.17, 15) is 8.42 Å². The Morgan fingerprint density at radius 2 is 1.73 bits per heavy atom. The summed E-state index contributed by atoms with van der Waals surface area (Å²) in [5.41, 5.74) is 2.72. The zero-order chi connectivity index (χ0) is 23.8. The average molecular weight is 469 g/mol. The molecule has 172 valence electrons. The van der Waals surface area contributed by atoms with Crippen molar-refractivity contribution in [1.29, 1.82) is 10.8 Å². The van der Waals surface area contributed by atoms with Gasteiger partial charge in [-0.3, -0.25) is 15.8 Å². The minimum absolute atomic E-state index is 0.0501. The average Bonchev–Trinajstić information content (AvgIpc) is 2.83. The lowest BCUT2D eigenvalue weighted by molar-refractivity contribution is 0.301. The fourth-order valence-corrected chi connectivity index (χ4v) is 3.90. The van der Waals surface area contributed by atoms with Gasteiger partial charge in [0.2, 0.25) is 21.8 Å². The maximum absolute atomic E-state index is 12.1. The molecular formula is C22H24N6O4S. The lowest BCUT2D eigenvalue weighted by atomic mass is 10.1. The van der Waals surface area contributed by atoms with Crippen molar-refractivity contribution in [2.45, 2.75) is 11.4 Å². The first-order chi connectivity index (χ1) is 15.8. The molecule has 0 aliphatic rings. The molecule has 0 spiro atoms. The molecule has 5 N–H and O–H groups in total. The van der Waals surface area contributed by atoms with Crippen LogP contribution >= 0.6 is 0 Å². The molecule has 0 saturated carbocycles. The highest BCUT2D eigenvalue weighted by Gasteiger charge is 2.15. The van der Waals surface area contributed by atoms with Crippen LogP contribution in [0.1, 0.15) is 16.8 Å². The van der Waals surface area contributed by atoms with Gasteiger partial charge < -0.3 is 15.2 Å². The highest BCUT2D eigenvalue weighted by molar-refractivity contribution is 7.89. The number of ether oxygens (including phenoxy) is 1. The lowest BCUT2D eigenvalue weighted by Gasteiger charge is -2.10. The van der Waals surface area contributed by atoms with E-state index in [-0.39, 0.29) is 35.5 Å². The number of nitrogens with zero attached hydrogens (tertiary/aromatic N) is 2. The topological polar surface area (TPSA) is 161 Å². The predicted molar refractivity (Wildman–Crippen MR) is 124 cm³/mol. The van der Waals surface area contributed by atoms with Gasteiger partial charge in [-0.05, 0) is 36.9 Å². The molecule has 3 aromatic rings. The van der Waals surface area contributed by atoms with Gasteiger partial charge in [-0.2, -0.15) is 0 Å². The smallest absolute Gasteiger partial charge is 0.241 e. The van der Waals surface area contributed by atoms with Crippen LogP contribution in [-0.4, -0.2) is 55.5 Å². The van der Waals surface area contributed by atoms with Gasteiger partial charge >= 0.3 is 0 Å². The van der Waals surface area contributed by atoms with E-state index in [2.05, 4.69) is 20.0 Å². The van der Waals surface area contributed by atoms with Crippen LogP contribution in [0.5, 0.6) is 0 Å². The van der Waals surface area contributed by atoms with Gasteiger partial charge in [-0.1, -0.05) is 24.3 Å². The van der Waals surface area contributed by atoms with E-state index < -0.39 is 10.0 Å². The number of hydrogen-bond donors (Lipinski definition) is 5. The maximum Gasteiger partial charge on any atom is 0.241 e. The molecule has 1 aromatic heterocycles. The van der Waals surface area contributed by atoms with Gasteiger partial charge in [0.15, 0.2) is 0 Å². The van der Waals surface area contributed by atoms with Crippen molar-refractivity contribution < 1.29 is 18.3 Å². The Kier molecular flexibility index (Phi) is 7.96. The number of aliphatic hydroxyl groups is 1. The van der Waals surface area contributed by atoms with Crippen LogP contribution in [0.4, 0.5) is 0 Å². The van der Waals surface area contributed by atoms with Crippen LogP contribution in [0.2, 0.25) is 0 Å². The third kappa shape index (κ3) is 6.26. The molecule has 0 fully saturated rings. The zero-order valence-corrected chi connectivity index (χ0v) is 18.7. The molecule has 0 aliphatic carbocycles. The number of rotatable bonds is 9. The Labute approximate surface area is 191 Å². The first-order valence-corrected chi connectivity index (χ1v) is 11.4. The Morgan fingerprint density at radius 1 is 1.03 bits per heavy atom. The van der Waals surface area contributed by atoms with E-state index in [0.717, 1.165) is 5.56 Å². The number of nitrogens with one attached hydrogen (secondary N) is 4. The van der Waals surface area contributed by atoms with Crippen LogP contribution < -0.4 is 10.0 Å². The second-order valence-corrected chi connectivity index (χ2v) is 8.69. The summed E-state index contributed by atoms with van der Waals surface area (Å²) in [6.45, 7) is 0.334. The van der Waals surface area contributed by atoms with Crippen molar-refractivity contribution in [3.63, 3.8) is 0 Å². The predicted octanol–water partition coefficient (Wildman–Crippen LogP) is 1.50. The van der Waals surface area contributed by atoms with Crippen molar-refractivity contribution in [1.82, 2.24) is 20.0 Å². The van der Waals surface area contributed by atoms with E-state index in [1.807, 2.05) is 19.2 Å². The van der Waals surface area contributed by atoms with Gasteiger partial charge in [0, 0.05) is 24.2 Å². The maximum atomic E-state index is 12.1. The molecule has 33 heavy (non-hydrogen) atoms.